The maximum atomic E-state index is 12.6. The van der Waals surface area contributed by atoms with Crippen molar-refractivity contribution < 1.29 is 24.2 Å². The number of amides is 1. The minimum atomic E-state index is -0.905. The Labute approximate surface area is 152 Å². The van der Waals surface area contributed by atoms with Crippen molar-refractivity contribution in [3.63, 3.8) is 0 Å². The number of methoxy groups -OCH3 is 1. The first kappa shape index (κ1) is 19.4. The summed E-state index contributed by atoms with van der Waals surface area (Å²) in [5.41, 5.74) is 1.25. The normalized spacial score (nSPS) is 11.6. The van der Waals surface area contributed by atoms with E-state index in [9.17, 15) is 9.59 Å². The Morgan fingerprint density at radius 2 is 1.96 bits per heavy atom. The Kier molecular flexibility index (Phi) is 7.57. The van der Waals surface area contributed by atoms with Crippen LogP contribution in [0.15, 0.2) is 48.7 Å². The number of carbonyl (C=O) groups is 2. The molecular weight excluding hydrogens is 336 g/mol. The van der Waals surface area contributed by atoms with Gasteiger partial charge in [-0.15, -0.1) is 0 Å². The molecule has 1 amide bonds. The zero-order valence-electron chi connectivity index (χ0n) is 14.6. The number of nitrogens with zero attached hydrogens (tertiary/aromatic N) is 1. The topological polar surface area (TPSA) is 97.8 Å². The highest BCUT2D eigenvalue weighted by Gasteiger charge is 2.17. The van der Waals surface area contributed by atoms with Gasteiger partial charge in [0, 0.05) is 31.4 Å². The van der Waals surface area contributed by atoms with Crippen molar-refractivity contribution in [3.8, 4) is 5.88 Å². The molecule has 2 aromatic rings. The molecule has 0 saturated carbocycles. The van der Waals surface area contributed by atoms with Crippen molar-refractivity contribution in [3.05, 3.63) is 59.8 Å². The highest BCUT2D eigenvalue weighted by Crippen LogP contribution is 2.19. The minimum Gasteiger partial charge on any atom is -0.481 e. The molecule has 0 fully saturated rings. The van der Waals surface area contributed by atoms with E-state index in [0.717, 1.165) is 5.56 Å². The molecule has 0 bridgehead atoms. The number of hydrogen-bond donors (Lipinski definition) is 2. The summed E-state index contributed by atoms with van der Waals surface area (Å²) in [6.07, 6.45) is 1.75. The molecule has 0 aliphatic carbocycles. The second-order valence-corrected chi connectivity index (χ2v) is 5.59. The van der Waals surface area contributed by atoms with Gasteiger partial charge in [0.2, 0.25) is 5.88 Å². The summed E-state index contributed by atoms with van der Waals surface area (Å²) in [5.74, 6) is -0.891. The molecule has 0 saturated heterocycles. The molecule has 1 heterocycles. The van der Waals surface area contributed by atoms with Crippen molar-refractivity contribution >= 4 is 11.9 Å². The van der Waals surface area contributed by atoms with E-state index in [-0.39, 0.29) is 12.3 Å². The smallest absolute Gasteiger partial charge is 0.303 e. The highest BCUT2D eigenvalue weighted by atomic mass is 16.5. The SMILES string of the molecule is COCCOc1cc(C(=O)NC(CCC(=O)O)c2ccccc2)ccn1. The lowest BCUT2D eigenvalue weighted by Gasteiger charge is -2.19. The van der Waals surface area contributed by atoms with Crippen LogP contribution >= 0.6 is 0 Å². The van der Waals surface area contributed by atoms with Crippen molar-refractivity contribution in [2.24, 2.45) is 0 Å². The largest absolute Gasteiger partial charge is 0.481 e. The van der Waals surface area contributed by atoms with E-state index >= 15 is 0 Å². The monoisotopic (exact) mass is 358 g/mol. The Hall–Kier alpha value is -2.93. The van der Waals surface area contributed by atoms with E-state index in [4.69, 9.17) is 14.6 Å². The van der Waals surface area contributed by atoms with E-state index in [1.165, 1.54) is 6.20 Å². The first-order valence-electron chi connectivity index (χ1n) is 8.25. The number of carboxylic acids is 1. The summed E-state index contributed by atoms with van der Waals surface area (Å²) in [6, 6.07) is 12.0. The fraction of sp³-hybridized carbons (Fsp3) is 0.316. The van der Waals surface area contributed by atoms with Crippen LogP contribution in [-0.2, 0) is 9.53 Å². The molecule has 138 valence electrons. The predicted molar refractivity (Wildman–Crippen MR) is 95.1 cm³/mol. The quantitative estimate of drug-likeness (QED) is 0.633. The van der Waals surface area contributed by atoms with Gasteiger partial charge in [-0.3, -0.25) is 9.59 Å². The number of rotatable bonds is 10. The highest BCUT2D eigenvalue weighted by molar-refractivity contribution is 5.94. The molecule has 1 atom stereocenters. The molecule has 2 rings (SSSR count). The van der Waals surface area contributed by atoms with Crippen molar-refractivity contribution in [2.45, 2.75) is 18.9 Å². The van der Waals surface area contributed by atoms with Crippen LogP contribution in [0.5, 0.6) is 5.88 Å². The number of aromatic nitrogens is 1. The Morgan fingerprint density at radius 3 is 2.65 bits per heavy atom. The number of benzene rings is 1. The number of aliphatic carboxylic acids is 1. The fourth-order valence-electron chi connectivity index (χ4n) is 2.38. The lowest BCUT2D eigenvalue weighted by molar-refractivity contribution is -0.137. The molecule has 1 aromatic carbocycles. The zero-order chi connectivity index (χ0) is 18.8. The van der Waals surface area contributed by atoms with Gasteiger partial charge in [0.25, 0.3) is 5.91 Å². The lowest BCUT2D eigenvalue weighted by Crippen LogP contribution is -2.29. The second-order valence-electron chi connectivity index (χ2n) is 5.59. The molecule has 7 heteroatoms. The summed E-state index contributed by atoms with van der Waals surface area (Å²) in [5, 5.41) is 11.8. The standard InChI is InChI=1S/C19H22N2O5/c1-25-11-12-26-17-13-15(9-10-20-17)19(24)21-16(7-8-18(22)23)14-5-3-2-4-6-14/h2-6,9-10,13,16H,7-8,11-12H2,1H3,(H,21,24)(H,22,23). The summed E-state index contributed by atoms with van der Waals surface area (Å²) < 4.78 is 10.3. The average molecular weight is 358 g/mol. The molecule has 0 spiro atoms. The van der Waals surface area contributed by atoms with Crippen LogP contribution in [0.3, 0.4) is 0 Å². The van der Waals surface area contributed by atoms with Gasteiger partial charge in [-0.05, 0) is 18.1 Å². The zero-order valence-corrected chi connectivity index (χ0v) is 14.6. The number of carbonyl (C=O) groups excluding carboxylic acids is 1. The van der Waals surface area contributed by atoms with E-state index in [1.807, 2.05) is 30.3 Å². The maximum Gasteiger partial charge on any atom is 0.303 e. The van der Waals surface area contributed by atoms with Gasteiger partial charge in [-0.2, -0.15) is 0 Å². The maximum absolute atomic E-state index is 12.6. The van der Waals surface area contributed by atoms with Crippen LogP contribution in [0.2, 0.25) is 0 Å². The molecule has 2 N–H and O–H groups in total. The van der Waals surface area contributed by atoms with E-state index in [1.54, 1.807) is 19.2 Å². The number of ether oxygens (including phenoxy) is 2. The van der Waals surface area contributed by atoms with E-state index in [2.05, 4.69) is 10.3 Å². The Morgan fingerprint density at radius 1 is 1.19 bits per heavy atom. The summed E-state index contributed by atoms with van der Waals surface area (Å²) >= 11 is 0. The van der Waals surface area contributed by atoms with Crippen LogP contribution in [0.25, 0.3) is 0 Å². The third-order valence-electron chi connectivity index (χ3n) is 3.69. The van der Waals surface area contributed by atoms with Gasteiger partial charge in [-0.25, -0.2) is 4.98 Å². The third kappa shape index (κ3) is 6.18. The van der Waals surface area contributed by atoms with Crippen LogP contribution < -0.4 is 10.1 Å². The number of pyridine rings is 1. The van der Waals surface area contributed by atoms with Crippen molar-refractivity contribution in [2.75, 3.05) is 20.3 Å². The van der Waals surface area contributed by atoms with Gasteiger partial charge in [0.1, 0.15) is 6.61 Å². The van der Waals surface area contributed by atoms with E-state index in [0.29, 0.717) is 31.1 Å². The molecule has 26 heavy (non-hydrogen) atoms. The molecule has 0 aliphatic rings. The number of hydrogen-bond acceptors (Lipinski definition) is 5. The predicted octanol–water partition coefficient (Wildman–Crippen LogP) is 2.44. The Bertz CT molecular complexity index is 721. The third-order valence-corrected chi connectivity index (χ3v) is 3.69. The second kappa shape index (κ2) is 10.1. The first-order chi connectivity index (χ1) is 12.6. The van der Waals surface area contributed by atoms with Gasteiger partial charge in [0.05, 0.1) is 12.6 Å². The Balaban J connectivity index is 2.08. The van der Waals surface area contributed by atoms with Crippen LogP contribution in [0.4, 0.5) is 0 Å². The van der Waals surface area contributed by atoms with Gasteiger partial charge >= 0.3 is 5.97 Å². The number of nitrogens with one attached hydrogen (secondary N) is 1. The first-order valence-corrected chi connectivity index (χ1v) is 8.25. The van der Waals surface area contributed by atoms with Gasteiger partial charge in [-0.1, -0.05) is 30.3 Å². The summed E-state index contributed by atoms with van der Waals surface area (Å²) in [6.45, 7) is 0.753. The van der Waals surface area contributed by atoms with Gasteiger partial charge in [0.15, 0.2) is 0 Å². The molecule has 1 unspecified atom stereocenters. The molecule has 0 aliphatic heterocycles. The molecular formula is C19H22N2O5. The molecule has 7 nitrogen and oxygen atoms in total. The fourth-order valence-corrected chi connectivity index (χ4v) is 2.38. The summed E-state index contributed by atoms with van der Waals surface area (Å²) in [7, 11) is 1.57. The van der Waals surface area contributed by atoms with Gasteiger partial charge < -0.3 is 19.9 Å². The molecule has 0 radical (unpaired) electrons. The van der Waals surface area contributed by atoms with Crippen LogP contribution in [-0.4, -0.2) is 42.3 Å². The van der Waals surface area contributed by atoms with Crippen molar-refractivity contribution in [1.82, 2.24) is 10.3 Å². The van der Waals surface area contributed by atoms with Crippen LogP contribution in [0.1, 0.15) is 34.8 Å². The molecule has 1 aromatic heterocycles. The average Bonchev–Trinajstić information content (AvgIpc) is 2.66. The number of carboxylic acid groups (broad SMARTS) is 1. The minimum absolute atomic E-state index is 0.0401. The van der Waals surface area contributed by atoms with Crippen molar-refractivity contribution in [1.29, 1.82) is 0 Å². The van der Waals surface area contributed by atoms with E-state index < -0.39 is 12.0 Å². The lowest BCUT2D eigenvalue weighted by atomic mass is 10.0. The summed E-state index contributed by atoms with van der Waals surface area (Å²) in [4.78, 5) is 27.6. The van der Waals surface area contributed by atoms with Crippen LogP contribution in [0, 0.1) is 0 Å².